The topological polar surface area (TPSA) is 76.1 Å². The summed E-state index contributed by atoms with van der Waals surface area (Å²) in [6.45, 7) is 7.21. The first-order chi connectivity index (χ1) is 11.1. The van der Waals surface area contributed by atoms with E-state index in [0.29, 0.717) is 6.61 Å². The lowest BCUT2D eigenvalue weighted by Crippen LogP contribution is -2.22. The number of aromatic nitrogens is 2. The molecule has 1 amide bonds. The summed E-state index contributed by atoms with van der Waals surface area (Å²) in [6.07, 6.45) is 0. The van der Waals surface area contributed by atoms with Crippen LogP contribution >= 0.6 is 23.1 Å². The number of carbonyl (C=O) groups is 1. The minimum atomic E-state index is -0.260. The van der Waals surface area contributed by atoms with E-state index in [1.165, 1.54) is 23.1 Å². The van der Waals surface area contributed by atoms with Crippen LogP contribution in [0.4, 0.5) is 10.8 Å². The lowest BCUT2D eigenvalue weighted by Gasteiger charge is -2.11. The molecule has 1 atom stereocenters. The molecule has 124 valence electrons. The van der Waals surface area contributed by atoms with Gasteiger partial charge < -0.3 is 15.4 Å². The molecule has 0 aliphatic carbocycles. The largest absolute Gasteiger partial charge is 0.494 e. The molecule has 0 fully saturated rings. The molecule has 0 saturated heterocycles. The van der Waals surface area contributed by atoms with E-state index in [-0.39, 0.29) is 11.2 Å². The Morgan fingerprint density at radius 1 is 1.30 bits per heavy atom. The third-order valence-corrected chi connectivity index (χ3v) is 4.88. The molecule has 1 heterocycles. The maximum atomic E-state index is 12.2. The zero-order chi connectivity index (χ0) is 16.7. The number of amides is 1. The maximum Gasteiger partial charge on any atom is 0.237 e. The van der Waals surface area contributed by atoms with Crippen LogP contribution in [0.3, 0.4) is 0 Å². The summed E-state index contributed by atoms with van der Waals surface area (Å²) in [5.41, 5.74) is 0.747. The molecule has 0 saturated carbocycles. The number of hydrogen-bond acceptors (Lipinski definition) is 7. The molecule has 0 bridgehead atoms. The van der Waals surface area contributed by atoms with Gasteiger partial charge in [-0.1, -0.05) is 23.1 Å². The molecule has 0 radical (unpaired) electrons. The van der Waals surface area contributed by atoms with Gasteiger partial charge in [0.2, 0.25) is 11.0 Å². The van der Waals surface area contributed by atoms with Crippen LogP contribution in [0.5, 0.6) is 5.75 Å². The SMILES string of the molecule is CCNc1nnc(S[C@@H](C)C(=O)Nc2ccc(OCC)cc2)s1. The van der Waals surface area contributed by atoms with Gasteiger partial charge in [0.1, 0.15) is 5.75 Å². The molecule has 8 heteroatoms. The van der Waals surface area contributed by atoms with Gasteiger partial charge in [-0.15, -0.1) is 10.2 Å². The van der Waals surface area contributed by atoms with Gasteiger partial charge in [-0.3, -0.25) is 4.79 Å². The van der Waals surface area contributed by atoms with Crippen LogP contribution in [0.1, 0.15) is 20.8 Å². The van der Waals surface area contributed by atoms with E-state index < -0.39 is 0 Å². The Labute approximate surface area is 144 Å². The van der Waals surface area contributed by atoms with E-state index in [0.717, 1.165) is 27.5 Å². The van der Waals surface area contributed by atoms with Gasteiger partial charge in [0.15, 0.2) is 4.34 Å². The fourth-order valence-electron chi connectivity index (χ4n) is 1.73. The molecule has 23 heavy (non-hydrogen) atoms. The molecule has 0 aliphatic heterocycles. The Balaban J connectivity index is 1.88. The second-order valence-corrected chi connectivity index (χ2v) is 7.18. The molecular formula is C15H20N4O2S2. The Kier molecular flexibility index (Phi) is 6.66. The Bertz CT molecular complexity index is 631. The number of benzene rings is 1. The van der Waals surface area contributed by atoms with Crippen LogP contribution in [0.15, 0.2) is 28.6 Å². The zero-order valence-corrected chi connectivity index (χ0v) is 15.0. The summed E-state index contributed by atoms with van der Waals surface area (Å²) >= 11 is 2.85. The van der Waals surface area contributed by atoms with E-state index in [9.17, 15) is 4.79 Å². The fourth-order valence-corrected chi connectivity index (χ4v) is 3.69. The normalized spacial score (nSPS) is 11.8. The number of nitrogens with one attached hydrogen (secondary N) is 2. The molecule has 6 nitrogen and oxygen atoms in total. The highest BCUT2D eigenvalue weighted by molar-refractivity contribution is 8.02. The van der Waals surface area contributed by atoms with Gasteiger partial charge in [0.05, 0.1) is 11.9 Å². The number of anilines is 2. The molecule has 1 aromatic carbocycles. The summed E-state index contributed by atoms with van der Waals surface area (Å²) < 4.78 is 6.15. The van der Waals surface area contributed by atoms with Gasteiger partial charge in [-0.25, -0.2) is 0 Å². The van der Waals surface area contributed by atoms with Crippen molar-refractivity contribution >= 4 is 39.8 Å². The van der Waals surface area contributed by atoms with E-state index >= 15 is 0 Å². The average molecular weight is 352 g/mol. The molecule has 2 rings (SSSR count). The van der Waals surface area contributed by atoms with Gasteiger partial charge >= 0.3 is 0 Å². The molecule has 2 N–H and O–H groups in total. The van der Waals surface area contributed by atoms with Gasteiger partial charge in [-0.2, -0.15) is 0 Å². The van der Waals surface area contributed by atoms with Crippen LogP contribution in [-0.4, -0.2) is 34.5 Å². The second-order valence-electron chi connectivity index (χ2n) is 4.61. The van der Waals surface area contributed by atoms with Crippen molar-refractivity contribution in [3.63, 3.8) is 0 Å². The van der Waals surface area contributed by atoms with Crippen molar-refractivity contribution in [2.24, 2.45) is 0 Å². The predicted octanol–water partition coefficient (Wildman–Crippen LogP) is 3.49. The first kappa shape index (κ1) is 17.6. The summed E-state index contributed by atoms with van der Waals surface area (Å²) in [4.78, 5) is 12.2. The molecular weight excluding hydrogens is 332 g/mol. The Morgan fingerprint density at radius 2 is 2.04 bits per heavy atom. The van der Waals surface area contributed by atoms with Crippen molar-refractivity contribution < 1.29 is 9.53 Å². The second kappa shape index (κ2) is 8.73. The lowest BCUT2D eigenvalue weighted by atomic mass is 10.3. The lowest BCUT2D eigenvalue weighted by molar-refractivity contribution is -0.115. The zero-order valence-electron chi connectivity index (χ0n) is 13.3. The quantitative estimate of drug-likeness (QED) is 0.708. The standard InChI is InChI=1S/C15H20N4O2S2/c1-4-16-14-18-19-15(23-14)22-10(3)13(20)17-11-6-8-12(9-7-11)21-5-2/h6-10H,4-5H2,1-3H3,(H,16,18)(H,17,20)/t10-/m0/s1. The van der Waals surface area contributed by atoms with Crippen molar-refractivity contribution in [1.82, 2.24) is 10.2 Å². The molecule has 0 spiro atoms. The van der Waals surface area contributed by atoms with Gasteiger partial charge in [-0.05, 0) is 45.0 Å². The van der Waals surface area contributed by atoms with Crippen LogP contribution in [0.25, 0.3) is 0 Å². The number of hydrogen-bond donors (Lipinski definition) is 2. The minimum Gasteiger partial charge on any atom is -0.494 e. The first-order valence-corrected chi connectivity index (χ1v) is 9.09. The highest BCUT2D eigenvalue weighted by atomic mass is 32.2. The van der Waals surface area contributed by atoms with E-state index in [4.69, 9.17) is 4.74 Å². The van der Waals surface area contributed by atoms with Crippen molar-refractivity contribution in [2.45, 2.75) is 30.4 Å². The smallest absolute Gasteiger partial charge is 0.237 e. The Morgan fingerprint density at radius 3 is 2.70 bits per heavy atom. The van der Waals surface area contributed by atoms with E-state index in [1.807, 2.05) is 45.0 Å². The van der Waals surface area contributed by atoms with E-state index in [2.05, 4.69) is 20.8 Å². The van der Waals surface area contributed by atoms with Crippen LogP contribution in [-0.2, 0) is 4.79 Å². The maximum absolute atomic E-state index is 12.2. The number of carbonyl (C=O) groups excluding carboxylic acids is 1. The van der Waals surface area contributed by atoms with Crippen molar-refractivity contribution in [3.8, 4) is 5.75 Å². The van der Waals surface area contributed by atoms with Crippen molar-refractivity contribution in [2.75, 3.05) is 23.8 Å². The Hall–Kier alpha value is -1.80. The molecule has 0 unspecified atom stereocenters. The third kappa shape index (κ3) is 5.40. The van der Waals surface area contributed by atoms with Crippen LogP contribution in [0, 0.1) is 0 Å². The van der Waals surface area contributed by atoms with Crippen molar-refractivity contribution in [1.29, 1.82) is 0 Å². The minimum absolute atomic E-state index is 0.0700. The fraction of sp³-hybridized carbons (Fsp3) is 0.400. The summed E-state index contributed by atoms with van der Waals surface area (Å²) in [5, 5.41) is 14.6. The summed E-state index contributed by atoms with van der Waals surface area (Å²) in [5.74, 6) is 0.720. The summed E-state index contributed by atoms with van der Waals surface area (Å²) in [7, 11) is 0. The van der Waals surface area contributed by atoms with E-state index in [1.54, 1.807) is 0 Å². The number of nitrogens with zero attached hydrogens (tertiary/aromatic N) is 2. The predicted molar refractivity (Wildman–Crippen MR) is 95.6 cm³/mol. The first-order valence-electron chi connectivity index (χ1n) is 7.40. The highest BCUT2D eigenvalue weighted by Crippen LogP contribution is 2.29. The van der Waals surface area contributed by atoms with Crippen molar-refractivity contribution in [3.05, 3.63) is 24.3 Å². The molecule has 0 aliphatic rings. The highest BCUT2D eigenvalue weighted by Gasteiger charge is 2.17. The van der Waals surface area contributed by atoms with Crippen LogP contribution < -0.4 is 15.4 Å². The van der Waals surface area contributed by atoms with Crippen LogP contribution in [0.2, 0.25) is 0 Å². The average Bonchev–Trinajstić information content (AvgIpc) is 2.97. The van der Waals surface area contributed by atoms with Gasteiger partial charge in [0.25, 0.3) is 0 Å². The monoisotopic (exact) mass is 352 g/mol. The number of thioether (sulfide) groups is 1. The molecule has 1 aromatic heterocycles. The molecule has 2 aromatic rings. The third-order valence-electron chi connectivity index (χ3n) is 2.81. The summed E-state index contributed by atoms with van der Waals surface area (Å²) in [6, 6.07) is 7.33. The number of rotatable bonds is 8. The number of ether oxygens (including phenoxy) is 1. The van der Waals surface area contributed by atoms with Gasteiger partial charge in [0, 0.05) is 12.2 Å².